The molecule has 6 heteroatoms. The number of aryl methyl sites for hydroxylation is 1. The smallest absolute Gasteiger partial charge is 0.219 e. The van der Waals surface area contributed by atoms with Gasteiger partial charge in [-0.05, 0) is 40.5 Å². The summed E-state index contributed by atoms with van der Waals surface area (Å²) in [7, 11) is 0. The number of ether oxygens (including phenoxy) is 1. The zero-order chi connectivity index (χ0) is 14.0. The van der Waals surface area contributed by atoms with E-state index in [0.717, 1.165) is 11.3 Å². The maximum absolute atomic E-state index is 13.4. The second-order valence-corrected chi connectivity index (χ2v) is 5.22. The first kappa shape index (κ1) is 14.2. The molecule has 19 heavy (non-hydrogen) atoms. The molecule has 100 valence electrons. The summed E-state index contributed by atoms with van der Waals surface area (Å²) in [6, 6.07) is 6.22. The van der Waals surface area contributed by atoms with E-state index in [1.807, 2.05) is 13.0 Å². The standard InChI is InChI=1S/C13H11BrClFN2O/c1-7-2-8(6-17)3-13(18-7)19-12-5-11(16)10(15)4-9(12)14/h2-5H,6,17H2,1H3. The van der Waals surface area contributed by atoms with Crippen LogP contribution in [0.15, 0.2) is 28.7 Å². The second kappa shape index (κ2) is 5.86. The van der Waals surface area contributed by atoms with Crippen LogP contribution in [0.3, 0.4) is 0 Å². The van der Waals surface area contributed by atoms with Gasteiger partial charge in [-0.15, -0.1) is 0 Å². The molecule has 0 aliphatic heterocycles. The molecule has 0 saturated heterocycles. The van der Waals surface area contributed by atoms with Crippen LogP contribution >= 0.6 is 27.5 Å². The number of nitrogens with zero attached hydrogens (tertiary/aromatic N) is 1. The first-order chi connectivity index (χ1) is 8.99. The zero-order valence-electron chi connectivity index (χ0n) is 10.1. The molecule has 0 saturated carbocycles. The van der Waals surface area contributed by atoms with Crippen molar-refractivity contribution in [2.75, 3.05) is 0 Å². The maximum Gasteiger partial charge on any atom is 0.219 e. The summed E-state index contributed by atoms with van der Waals surface area (Å²) >= 11 is 8.93. The number of aromatic nitrogens is 1. The highest BCUT2D eigenvalue weighted by molar-refractivity contribution is 9.10. The molecular weight excluding hydrogens is 335 g/mol. The fourth-order valence-electron chi connectivity index (χ4n) is 1.57. The molecule has 0 fully saturated rings. The Morgan fingerprint density at radius 1 is 1.37 bits per heavy atom. The average Bonchev–Trinajstić information content (AvgIpc) is 2.35. The summed E-state index contributed by atoms with van der Waals surface area (Å²) in [5.74, 6) is 0.123. The van der Waals surface area contributed by atoms with Gasteiger partial charge in [0.1, 0.15) is 11.6 Å². The highest BCUT2D eigenvalue weighted by Gasteiger charge is 2.10. The van der Waals surface area contributed by atoms with E-state index in [4.69, 9.17) is 22.1 Å². The van der Waals surface area contributed by atoms with Crippen LogP contribution in [0.1, 0.15) is 11.3 Å². The molecule has 1 heterocycles. The lowest BCUT2D eigenvalue weighted by atomic mass is 10.2. The van der Waals surface area contributed by atoms with Crippen LogP contribution in [-0.4, -0.2) is 4.98 Å². The van der Waals surface area contributed by atoms with Crippen molar-refractivity contribution in [3.63, 3.8) is 0 Å². The second-order valence-electron chi connectivity index (χ2n) is 3.96. The minimum Gasteiger partial charge on any atom is -0.438 e. The van der Waals surface area contributed by atoms with Crippen LogP contribution in [0.25, 0.3) is 0 Å². The van der Waals surface area contributed by atoms with Gasteiger partial charge >= 0.3 is 0 Å². The van der Waals surface area contributed by atoms with Gasteiger partial charge in [-0.25, -0.2) is 9.37 Å². The van der Waals surface area contributed by atoms with Gasteiger partial charge in [-0.3, -0.25) is 0 Å². The molecule has 1 aromatic heterocycles. The van der Waals surface area contributed by atoms with E-state index in [0.29, 0.717) is 22.6 Å². The first-order valence-corrected chi connectivity index (χ1v) is 6.66. The van der Waals surface area contributed by atoms with E-state index in [1.165, 1.54) is 12.1 Å². The monoisotopic (exact) mass is 344 g/mol. The number of benzene rings is 1. The van der Waals surface area contributed by atoms with Crippen molar-refractivity contribution >= 4 is 27.5 Å². The Morgan fingerprint density at radius 3 is 2.79 bits per heavy atom. The van der Waals surface area contributed by atoms with Crippen LogP contribution in [0.4, 0.5) is 4.39 Å². The van der Waals surface area contributed by atoms with Gasteiger partial charge in [0.2, 0.25) is 5.88 Å². The molecule has 0 amide bonds. The lowest BCUT2D eigenvalue weighted by Crippen LogP contribution is -1.99. The van der Waals surface area contributed by atoms with Crippen molar-refractivity contribution in [2.24, 2.45) is 5.73 Å². The van der Waals surface area contributed by atoms with E-state index in [-0.39, 0.29) is 5.02 Å². The van der Waals surface area contributed by atoms with Crippen LogP contribution < -0.4 is 10.5 Å². The Kier molecular flexibility index (Phi) is 4.39. The number of rotatable bonds is 3. The Bertz CT molecular complexity index is 622. The lowest BCUT2D eigenvalue weighted by molar-refractivity contribution is 0.453. The normalized spacial score (nSPS) is 10.6. The molecule has 0 bridgehead atoms. The largest absolute Gasteiger partial charge is 0.438 e. The molecule has 0 radical (unpaired) electrons. The van der Waals surface area contributed by atoms with Crippen molar-refractivity contribution in [3.05, 3.63) is 50.8 Å². The van der Waals surface area contributed by atoms with E-state index >= 15 is 0 Å². The van der Waals surface area contributed by atoms with Crippen molar-refractivity contribution in [3.8, 4) is 11.6 Å². The molecule has 2 rings (SSSR count). The Labute approximate surface area is 123 Å². The summed E-state index contributed by atoms with van der Waals surface area (Å²) in [4.78, 5) is 4.22. The minimum atomic E-state index is -0.549. The average molecular weight is 346 g/mol. The molecule has 1 aromatic carbocycles. The lowest BCUT2D eigenvalue weighted by Gasteiger charge is -2.09. The van der Waals surface area contributed by atoms with Gasteiger partial charge in [0, 0.05) is 24.4 Å². The summed E-state index contributed by atoms with van der Waals surface area (Å²) in [6.07, 6.45) is 0. The van der Waals surface area contributed by atoms with Crippen LogP contribution in [-0.2, 0) is 6.54 Å². The van der Waals surface area contributed by atoms with Gasteiger partial charge < -0.3 is 10.5 Å². The van der Waals surface area contributed by atoms with Gasteiger partial charge in [0.05, 0.1) is 9.50 Å². The number of hydrogen-bond donors (Lipinski definition) is 1. The third-order valence-electron chi connectivity index (χ3n) is 2.41. The van der Waals surface area contributed by atoms with Crippen molar-refractivity contribution in [2.45, 2.75) is 13.5 Å². The predicted octanol–water partition coefficient (Wildman–Crippen LogP) is 4.20. The van der Waals surface area contributed by atoms with Gasteiger partial charge in [-0.1, -0.05) is 11.6 Å². The number of hydrogen-bond acceptors (Lipinski definition) is 3. The molecule has 3 nitrogen and oxygen atoms in total. The summed E-state index contributed by atoms with van der Waals surface area (Å²) in [5, 5.41) is 0.0269. The van der Waals surface area contributed by atoms with Crippen molar-refractivity contribution < 1.29 is 9.13 Å². The fourth-order valence-corrected chi connectivity index (χ4v) is 2.29. The summed E-state index contributed by atoms with van der Waals surface area (Å²) in [5.41, 5.74) is 7.26. The Balaban J connectivity index is 2.36. The summed E-state index contributed by atoms with van der Waals surface area (Å²) < 4.78 is 19.5. The minimum absolute atomic E-state index is 0.0269. The van der Waals surface area contributed by atoms with Gasteiger partial charge in [0.25, 0.3) is 0 Å². The van der Waals surface area contributed by atoms with E-state index in [9.17, 15) is 4.39 Å². The third kappa shape index (κ3) is 3.43. The quantitative estimate of drug-likeness (QED) is 0.848. The Hall–Kier alpha value is -1.17. The Morgan fingerprint density at radius 2 is 2.11 bits per heavy atom. The first-order valence-electron chi connectivity index (χ1n) is 5.49. The summed E-state index contributed by atoms with van der Waals surface area (Å²) in [6.45, 7) is 2.22. The number of halogens is 3. The van der Waals surface area contributed by atoms with E-state index in [2.05, 4.69) is 20.9 Å². The molecular formula is C13H11BrClFN2O. The van der Waals surface area contributed by atoms with Crippen LogP contribution in [0, 0.1) is 12.7 Å². The molecule has 0 atom stereocenters. The van der Waals surface area contributed by atoms with Crippen LogP contribution in [0.5, 0.6) is 11.6 Å². The van der Waals surface area contributed by atoms with Gasteiger partial charge in [-0.2, -0.15) is 0 Å². The van der Waals surface area contributed by atoms with Gasteiger partial charge in [0.15, 0.2) is 0 Å². The predicted molar refractivity (Wildman–Crippen MR) is 76.0 cm³/mol. The molecule has 0 aliphatic rings. The topological polar surface area (TPSA) is 48.1 Å². The fraction of sp³-hybridized carbons (Fsp3) is 0.154. The highest BCUT2D eigenvalue weighted by Crippen LogP contribution is 2.33. The highest BCUT2D eigenvalue weighted by atomic mass is 79.9. The molecule has 0 spiro atoms. The maximum atomic E-state index is 13.4. The van der Waals surface area contributed by atoms with Crippen molar-refractivity contribution in [1.82, 2.24) is 4.98 Å². The molecule has 0 unspecified atom stereocenters. The number of nitrogens with two attached hydrogens (primary N) is 1. The molecule has 2 N–H and O–H groups in total. The van der Waals surface area contributed by atoms with Crippen LogP contribution in [0.2, 0.25) is 5.02 Å². The van der Waals surface area contributed by atoms with E-state index < -0.39 is 5.82 Å². The van der Waals surface area contributed by atoms with Crippen molar-refractivity contribution in [1.29, 1.82) is 0 Å². The third-order valence-corrected chi connectivity index (χ3v) is 3.32. The van der Waals surface area contributed by atoms with E-state index in [1.54, 1.807) is 6.07 Å². The molecule has 2 aromatic rings. The zero-order valence-corrected chi connectivity index (χ0v) is 12.4. The SMILES string of the molecule is Cc1cc(CN)cc(Oc2cc(F)c(Cl)cc2Br)n1. The molecule has 0 aliphatic carbocycles. The number of pyridine rings is 1.